The number of benzene rings is 2. The Bertz CT molecular complexity index is 828. The molecule has 0 saturated carbocycles. The Morgan fingerprint density at radius 2 is 1.46 bits per heavy atom. The van der Waals surface area contributed by atoms with E-state index in [1.165, 1.54) is 6.26 Å². The first-order valence-electron chi connectivity index (χ1n) is 7.79. The Labute approximate surface area is 160 Å². The third-order valence-electron chi connectivity index (χ3n) is 3.66. The van der Waals surface area contributed by atoms with E-state index in [0.29, 0.717) is 34.2 Å². The summed E-state index contributed by atoms with van der Waals surface area (Å²) in [4.78, 5) is 24.2. The molecule has 0 unspecified atom stereocenters. The van der Waals surface area contributed by atoms with Gasteiger partial charge in [-0.25, -0.2) is 9.59 Å². The zero-order valence-corrected chi connectivity index (χ0v) is 15.0. The minimum absolute atomic E-state index is 0.287. The van der Waals surface area contributed by atoms with Crippen LogP contribution in [0.15, 0.2) is 60.6 Å². The van der Waals surface area contributed by atoms with Gasteiger partial charge in [0, 0.05) is 16.5 Å². The van der Waals surface area contributed by atoms with Crippen LogP contribution in [0.25, 0.3) is 0 Å². The summed E-state index contributed by atoms with van der Waals surface area (Å²) in [5, 5.41) is 1.05. The van der Waals surface area contributed by atoms with E-state index < -0.39 is 18.0 Å². The van der Waals surface area contributed by atoms with Gasteiger partial charge >= 0.3 is 11.9 Å². The number of hydrogen-bond acceptors (Lipinski definition) is 5. The number of ether oxygens (including phenoxy) is 3. The Balaban J connectivity index is 1.62. The normalized spacial score (nSPS) is 17.6. The number of halogens is 2. The van der Waals surface area contributed by atoms with Crippen LogP contribution in [0.4, 0.5) is 0 Å². The standard InChI is InChI=1S/C19H14Cl2O5/c20-14-5-1-12(2-6-14)18(22)25-11-17-16(9-10-24-17)26-19(23)13-3-7-15(21)8-4-13/h1-8,11,16H,9-10H2/b17-11+/t16-/m0/s1. The van der Waals surface area contributed by atoms with Crippen LogP contribution in [0.2, 0.25) is 10.0 Å². The first-order chi connectivity index (χ1) is 12.5. The van der Waals surface area contributed by atoms with Crippen molar-refractivity contribution in [1.29, 1.82) is 0 Å². The van der Waals surface area contributed by atoms with Crippen LogP contribution in [-0.4, -0.2) is 24.6 Å². The molecule has 0 bridgehead atoms. The summed E-state index contributed by atoms with van der Waals surface area (Å²) in [7, 11) is 0. The van der Waals surface area contributed by atoms with Crippen molar-refractivity contribution >= 4 is 35.1 Å². The Hall–Kier alpha value is -2.50. The molecule has 2 aromatic rings. The molecule has 0 aromatic heterocycles. The molecule has 0 radical (unpaired) electrons. The summed E-state index contributed by atoms with van der Waals surface area (Å²) in [5.74, 6) is -0.783. The number of carbonyl (C=O) groups excluding carboxylic acids is 2. The van der Waals surface area contributed by atoms with Crippen molar-refractivity contribution in [3.63, 3.8) is 0 Å². The average molecular weight is 393 g/mol. The summed E-state index contributed by atoms with van der Waals surface area (Å²) in [6.07, 6.45) is 1.03. The molecular weight excluding hydrogens is 379 g/mol. The molecule has 1 fully saturated rings. The van der Waals surface area contributed by atoms with Gasteiger partial charge in [-0.3, -0.25) is 0 Å². The largest absolute Gasteiger partial charge is 0.491 e. The summed E-state index contributed by atoms with van der Waals surface area (Å²) in [6.45, 7) is 0.364. The molecule has 134 valence electrons. The van der Waals surface area contributed by atoms with Crippen LogP contribution < -0.4 is 0 Å². The highest BCUT2D eigenvalue weighted by Crippen LogP contribution is 2.23. The van der Waals surface area contributed by atoms with Crippen molar-refractivity contribution in [2.24, 2.45) is 0 Å². The topological polar surface area (TPSA) is 61.8 Å². The van der Waals surface area contributed by atoms with Crippen molar-refractivity contribution < 1.29 is 23.8 Å². The molecule has 0 N–H and O–H groups in total. The maximum absolute atomic E-state index is 12.2. The van der Waals surface area contributed by atoms with Gasteiger partial charge in [0.15, 0.2) is 11.9 Å². The van der Waals surface area contributed by atoms with E-state index in [0.717, 1.165) is 0 Å². The second-order valence-electron chi connectivity index (χ2n) is 5.47. The van der Waals surface area contributed by atoms with E-state index in [2.05, 4.69) is 0 Å². The van der Waals surface area contributed by atoms with Gasteiger partial charge in [0.1, 0.15) is 6.26 Å². The number of esters is 2. The monoisotopic (exact) mass is 392 g/mol. The lowest BCUT2D eigenvalue weighted by Crippen LogP contribution is -2.17. The molecular formula is C19H14Cl2O5. The SMILES string of the molecule is O=C(O/C=C1/OCC[C@@H]1OC(=O)c1ccc(Cl)cc1)c1ccc(Cl)cc1. The van der Waals surface area contributed by atoms with Gasteiger partial charge in [-0.2, -0.15) is 0 Å². The van der Waals surface area contributed by atoms with Crippen molar-refractivity contribution in [2.75, 3.05) is 6.61 Å². The molecule has 2 aromatic carbocycles. The maximum Gasteiger partial charge on any atom is 0.343 e. The number of carbonyl (C=O) groups is 2. The predicted molar refractivity (Wildman–Crippen MR) is 96.2 cm³/mol. The average Bonchev–Trinajstić information content (AvgIpc) is 3.08. The van der Waals surface area contributed by atoms with E-state index in [9.17, 15) is 9.59 Å². The van der Waals surface area contributed by atoms with Gasteiger partial charge in [0.25, 0.3) is 0 Å². The molecule has 7 heteroatoms. The highest BCUT2D eigenvalue weighted by molar-refractivity contribution is 6.30. The molecule has 1 saturated heterocycles. The van der Waals surface area contributed by atoms with Gasteiger partial charge in [-0.05, 0) is 48.5 Å². The third kappa shape index (κ3) is 4.56. The fourth-order valence-corrected chi connectivity index (χ4v) is 2.55. The zero-order valence-electron chi connectivity index (χ0n) is 13.5. The highest BCUT2D eigenvalue weighted by atomic mass is 35.5. The third-order valence-corrected chi connectivity index (χ3v) is 4.16. The molecule has 1 atom stereocenters. The second kappa shape index (κ2) is 8.25. The molecule has 1 heterocycles. The summed E-state index contributed by atoms with van der Waals surface area (Å²) in [6, 6.07) is 12.6. The summed E-state index contributed by atoms with van der Waals surface area (Å²) >= 11 is 11.6. The molecule has 0 spiro atoms. The first kappa shape index (κ1) is 18.3. The maximum atomic E-state index is 12.2. The van der Waals surface area contributed by atoms with E-state index in [-0.39, 0.29) is 5.76 Å². The van der Waals surface area contributed by atoms with Crippen molar-refractivity contribution in [2.45, 2.75) is 12.5 Å². The predicted octanol–water partition coefficient (Wildman–Crippen LogP) is 4.64. The van der Waals surface area contributed by atoms with Crippen molar-refractivity contribution in [3.8, 4) is 0 Å². The van der Waals surface area contributed by atoms with E-state index >= 15 is 0 Å². The number of hydrogen-bond donors (Lipinski definition) is 0. The van der Waals surface area contributed by atoms with Crippen LogP contribution in [0, 0.1) is 0 Å². The van der Waals surface area contributed by atoms with Crippen molar-refractivity contribution in [1.82, 2.24) is 0 Å². The second-order valence-corrected chi connectivity index (χ2v) is 6.34. The minimum Gasteiger partial charge on any atom is -0.491 e. The quantitative estimate of drug-likeness (QED) is 0.560. The summed E-state index contributed by atoms with van der Waals surface area (Å²) < 4.78 is 15.9. The van der Waals surface area contributed by atoms with Gasteiger partial charge in [-0.1, -0.05) is 23.2 Å². The Morgan fingerprint density at radius 3 is 2.04 bits per heavy atom. The molecule has 3 rings (SSSR count). The number of rotatable bonds is 4. The summed E-state index contributed by atoms with van der Waals surface area (Å²) in [5.41, 5.74) is 0.720. The van der Waals surface area contributed by atoms with Crippen LogP contribution in [-0.2, 0) is 14.2 Å². The molecule has 26 heavy (non-hydrogen) atoms. The molecule has 1 aliphatic rings. The van der Waals surface area contributed by atoms with E-state index in [1.54, 1.807) is 48.5 Å². The van der Waals surface area contributed by atoms with Crippen LogP contribution in [0.3, 0.4) is 0 Å². The van der Waals surface area contributed by atoms with E-state index in [4.69, 9.17) is 37.4 Å². The first-order valence-corrected chi connectivity index (χ1v) is 8.54. The van der Waals surface area contributed by atoms with Gasteiger partial charge in [0.05, 0.1) is 17.7 Å². The Morgan fingerprint density at radius 1 is 0.923 bits per heavy atom. The fraction of sp³-hybridized carbons (Fsp3) is 0.158. The zero-order chi connectivity index (χ0) is 18.5. The van der Waals surface area contributed by atoms with Gasteiger partial charge in [-0.15, -0.1) is 0 Å². The smallest absolute Gasteiger partial charge is 0.343 e. The minimum atomic E-state index is -0.615. The van der Waals surface area contributed by atoms with Crippen LogP contribution >= 0.6 is 23.2 Å². The van der Waals surface area contributed by atoms with Gasteiger partial charge < -0.3 is 14.2 Å². The van der Waals surface area contributed by atoms with Crippen LogP contribution in [0.5, 0.6) is 0 Å². The molecule has 0 aliphatic carbocycles. The van der Waals surface area contributed by atoms with E-state index in [1.807, 2.05) is 0 Å². The van der Waals surface area contributed by atoms with Gasteiger partial charge in [0.2, 0.25) is 0 Å². The lowest BCUT2D eigenvalue weighted by molar-refractivity contribution is 0.0355. The lowest BCUT2D eigenvalue weighted by Gasteiger charge is -2.12. The van der Waals surface area contributed by atoms with Crippen LogP contribution in [0.1, 0.15) is 27.1 Å². The highest BCUT2D eigenvalue weighted by Gasteiger charge is 2.28. The molecule has 5 nitrogen and oxygen atoms in total. The van der Waals surface area contributed by atoms with Crippen molar-refractivity contribution in [3.05, 3.63) is 81.7 Å². The molecule has 0 amide bonds. The molecule has 1 aliphatic heterocycles. The fourth-order valence-electron chi connectivity index (χ4n) is 2.29. The Kier molecular flexibility index (Phi) is 5.81. The lowest BCUT2D eigenvalue weighted by atomic mass is 10.2.